The van der Waals surface area contributed by atoms with Crippen LogP contribution in [0.1, 0.15) is 85.0 Å². The Labute approximate surface area is 226 Å². The van der Waals surface area contributed by atoms with Gasteiger partial charge in [0.2, 0.25) is 10.4 Å². The molecule has 0 aliphatic heterocycles. The number of fused-ring (bicyclic) bond motifs is 5. The molecule has 9 heteroatoms. The van der Waals surface area contributed by atoms with E-state index < -0.39 is 29.3 Å². The van der Waals surface area contributed by atoms with Crippen molar-refractivity contribution in [3.63, 3.8) is 0 Å². The predicted molar refractivity (Wildman–Crippen MR) is 121 cm³/mol. The Morgan fingerprint density at radius 2 is 1.76 bits per heavy atom. The van der Waals surface area contributed by atoms with Crippen LogP contribution in [0.5, 0.6) is 0 Å². The van der Waals surface area contributed by atoms with Gasteiger partial charge in [-0.05, 0) is 104 Å². The quantitative estimate of drug-likeness (QED) is 0.316. The minimum atomic E-state index is -4.72. The fourth-order valence-electron chi connectivity index (χ4n) is 9.07. The molecule has 0 amide bonds. The Morgan fingerprint density at radius 1 is 1.12 bits per heavy atom. The summed E-state index contributed by atoms with van der Waals surface area (Å²) in [7, 11) is -4.72. The molecule has 0 aromatic heterocycles. The maximum absolute atomic E-state index is 12.6. The van der Waals surface area contributed by atoms with Crippen LogP contribution in [0, 0.1) is 46.3 Å². The van der Waals surface area contributed by atoms with Gasteiger partial charge in [-0.1, -0.05) is 20.8 Å². The third kappa shape index (κ3) is 5.34. The van der Waals surface area contributed by atoms with Gasteiger partial charge in [-0.3, -0.25) is 8.98 Å². The number of hydrogen-bond acceptors (Lipinski definition) is 6. The smallest absolute Gasteiger partial charge is 0.726 e. The molecule has 0 saturated heterocycles. The molecule has 0 spiro atoms. The van der Waals surface area contributed by atoms with Crippen molar-refractivity contribution in [3.05, 3.63) is 0 Å². The van der Waals surface area contributed by atoms with Crippen LogP contribution in [0.2, 0.25) is 0 Å². The van der Waals surface area contributed by atoms with Gasteiger partial charge in [-0.15, -0.1) is 0 Å². The molecule has 0 unspecified atom stereocenters. The number of halogens is 1. The number of carbonyl (C=O) groups is 1. The molecule has 6 nitrogen and oxygen atoms in total. The topological polar surface area (TPSA) is 104 Å². The van der Waals surface area contributed by atoms with Crippen LogP contribution in [0.3, 0.4) is 0 Å². The van der Waals surface area contributed by atoms with E-state index in [-0.39, 0.29) is 58.0 Å². The maximum atomic E-state index is 12.6. The number of ketones is 1. The fourth-order valence-corrected chi connectivity index (χ4v) is 9.58. The molecule has 0 bridgehead atoms. The van der Waals surface area contributed by atoms with E-state index >= 15 is 0 Å². The molecule has 10 atom stereocenters. The molecule has 4 rings (SSSR count). The summed E-state index contributed by atoms with van der Waals surface area (Å²) in [5, 5.41) is 11.4. The van der Waals surface area contributed by atoms with Crippen molar-refractivity contribution in [3.8, 4) is 0 Å². The first-order valence-electron chi connectivity index (χ1n) is 12.8. The van der Waals surface area contributed by atoms with Crippen LogP contribution in [-0.4, -0.2) is 42.7 Å². The molecule has 1 N–H and O–H groups in total. The summed E-state index contributed by atoms with van der Waals surface area (Å²) in [6.45, 7) is 6.02. The van der Waals surface area contributed by atoms with Crippen LogP contribution < -0.4 is 29.6 Å². The first-order valence-corrected chi connectivity index (χ1v) is 14.1. The Balaban J connectivity index is 0.00000324. The monoisotopic (exact) mass is 510 g/mol. The molecule has 4 aliphatic rings. The molecule has 0 radical (unpaired) electrons. The van der Waals surface area contributed by atoms with E-state index in [0.29, 0.717) is 49.4 Å². The average molecular weight is 511 g/mol. The number of hydrogen-bond donors (Lipinski definition) is 1. The second kappa shape index (κ2) is 10.7. The molecule has 0 aromatic carbocycles. The third-order valence-corrected chi connectivity index (χ3v) is 11.2. The van der Waals surface area contributed by atoms with E-state index in [0.717, 1.165) is 38.5 Å². The normalized spacial score (nSPS) is 44.8. The number of carbonyl (C=O) groups excluding carboxylic acids is 1. The van der Waals surface area contributed by atoms with Gasteiger partial charge in [0.1, 0.15) is 6.67 Å². The summed E-state index contributed by atoms with van der Waals surface area (Å²) in [6, 6.07) is 0. The minimum Gasteiger partial charge on any atom is -0.726 e. The Hall–Kier alpha value is 0.430. The number of Topliss-reactive ketones (excluding diaryl/α,β-unsaturated/α-hetero) is 1. The first kappa shape index (κ1) is 29.0. The number of aliphatic hydroxyl groups is 1. The van der Waals surface area contributed by atoms with Gasteiger partial charge in [0.15, 0.2) is 5.78 Å². The zero-order valence-electron chi connectivity index (χ0n) is 21.2. The van der Waals surface area contributed by atoms with Crippen LogP contribution in [0.25, 0.3) is 0 Å². The number of aliphatic hydroxyl groups excluding tert-OH is 1. The van der Waals surface area contributed by atoms with E-state index in [2.05, 4.69) is 20.8 Å². The Bertz CT molecular complexity index is 854. The first-order chi connectivity index (χ1) is 15.4. The SMILES string of the molecule is C[C@H](CCC(=O)CF)[C@H]1CC[C@H]2[C@@H]3[C@H](O)C[C@@H]4C[C@H](OS(=O)(=O)[O-])CC[C@]4(C)[C@H]3CC[C@]12C.[Na+]. The molecule has 190 valence electrons. The van der Waals surface area contributed by atoms with Crippen LogP contribution in [0.15, 0.2) is 0 Å². The van der Waals surface area contributed by atoms with E-state index in [1.807, 2.05) is 0 Å². The van der Waals surface area contributed by atoms with Gasteiger partial charge in [-0.25, -0.2) is 12.8 Å². The van der Waals surface area contributed by atoms with E-state index in [4.69, 9.17) is 4.18 Å². The molecular formula is C25H40FNaO6S. The maximum Gasteiger partial charge on any atom is 1.00 e. The van der Waals surface area contributed by atoms with Crippen molar-refractivity contribution in [2.45, 2.75) is 97.2 Å². The fraction of sp³-hybridized carbons (Fsp3) is 0.960. The Kier molecular flexibility index (Phi) is 9.09. The molecule has 4 saturated carbocycles. The van der Waals surface area contributed by atoms with Gasteiger partial charge in [0.05, 0.1) is 12.2 Å². The summed E-state index contributed by atoms with van der Waals surface area (Å²) in [5.74, 6) is 1.74. The van der Waals surface area contributed by atoms with Gasteiger partial charge in [-0.2, -0.15) is 0 Å². The summed E-state index contributed by atoms with van der Waals surface area (Å²) in [5.41, 5.74) is 0.148. The molecule has 34 heavy (non-hydrogen) atoms. The van der Waals surface area contributed by atoms with Gasteiger partial charge < -0.3 is 9.66 Å². The average Bonchev–Trinajstić information content (AvgIpc) is 3.09. The largest absolute Gasteiger partial charge is 1.00 e. The molecular weight excluding hydrogens is 470 g/mol. The molecule has 4 aliphatic carbocycles. The second-order valence-electron chi connectivity index (χ2n) is 12.1. The van der Waals surface area contributed by atoms with Crippen molar-refractivity contribution in [1.82, 2.24) is 0 Å². The number of rotatable bonds is 7. The minimum absolute atomic E-state index is 0. The van der Waals surface area contributed by atoms with Crippen molar-refractivity contribution >= 4 is 16.2 Å². The second-order valence-corrected chi connectivity index (χ2v) is 13.1. The van der Waals surface area contributed by atoms with Gasteiger partial charge in [0.25, 0.3) is 0 Å². The van der Waals surface area contributed by atoms with E-state index in [1.54, 1.807) is 0 Å². The Morgan fingerprint density at radius 3 is 2.41 bits per heavy atom. The van der Waals surface area contributed by atoms with Crippen molar-refractivity contribution in [2.24, 2.45) is 46.3 Å². The summed E-state index contributed by atoms with van der Waals surface area (Å²) < 4.78 is 50.8. The van der Waals surface area contributed by atoms with Crippen LogP contribution in [0.4, 0.5) is 4.39 Å². The van der Waals surface area contributed by atoms with Crippen molar-refractivity contribution in [2.75, 3.05) is 6.67 Å². The summed E-state index contributed by atoms with van der Waals surface area (Å²) >= 11 is 0. The summed E-state index contributed by atoms with van der Waals surface area (Å²) in [6.07, 6.45) is 6.89. The molecule has 4 fully saturated rings. The third-order valence-electron chi connectivity index (χ3n) is 10.7. The van der Waals surface area contributed by atoms with E-state index in [1.165, 1.54) is 0 Å². The standard InChI is InChI=1S/C25H41FO6S.Na/c1-15(4-5-17(27)14-26)19-6-7-20-23-21(9-11-25(19,20)3)24(2)10-8-18(32-33(29,30)31)12-16(24)13-22(23)28;/h15-16,18-23,28H,4-14H2,1-3H3,(H,29,30,31);/q;+1/p-1/t15-,16+,18-,19-,20+,21+,22-,23+,24+,25-;/m1./s1. The predicted octanol–water partition coefficient (Wildman–Crippen LogP) is 1.42. The van der Waals surface area contributed by atoms with Crippen LogP contribution >= 0.6 is 0 Å². The number of alkyl halides is 1. The van der Waals surface area contributed by atoms with Crippen molar-refractivity contribution in [1.29, 1.82) is 0 Å². The van der Waals surface area contributed by atoms with Crippen LogP contribution in [-0.2, 0) is 19.4 Å². The summed E-state index contributed by atoms with van der Waals surface area (Å²) in [4.78, 5) is 11.5. The van der Waals surface area contributed by atoms with Gasteiger partial charge >= 0.3 is 29.6 Å². The van der Waals surface area contributed by atoms with E-state index in [9.17, 15) is 27.3 Å². The zero-order valence-corrected chi connectivity index (χ0v) is 24.0. The molecule has 0 aromatic rings. The zero-order chi connectivity index (χ0) is 24.2. The van der Waals surface area contributed by atoms with Crippen molar-refractivity contribution < 1.29 is 61.0 Å². The van der Waals surface area contributed by atoms with Gasteiger partial charge in [0, 0.05) is 6.42 Å². The molecule has 0 heterocycles.